The highest BCUT2D eigenvalue weighted by Crippen LogP contribution is 2.19. The van der Waals surface area contributed by atoms with Gasteiger partial charge in [-0.25, -0.2) is 0 Å². The van der Waals surface area contributed by atoms with E-state index in [0.29, 0.717) is 19.7 Å². The van der Waals surface area contributed by atoms with Crippen molar-refractivity contribution in [2.75, 3.05) is 19.7 Å². The van der Waals surface area contributed by atoms with Crippen LogP contribution in [0.15, 0.2) is 65.8 Å². The number of nitrogens with zero attached hydrogens (tertiary/aromatic N) is 2. The van der Waals surface area contributed by atoms with Gasteiger partial charge in [0.25, 0.3) is 0 Å². The molecule has 1 aliphatic rings. The monoisotopic (exact) mass is 396 g/mol. The van der Waals surface area contributed by atoms with Crippen molar-refractivity contribution < 1.29 is 14.7 Å². The Hall–Kier alpha value is -2.21. The van der Waals surface area contributed by atoms with E-state index in [1.807, 2.05) is 57.2 Å². The fourth-order valence-electron chi connectivity index (χ4n) is 3.36. The van der Waals surface area contributed by atoms with Crippen LogP contribution in [0.2, 0.25) is 0 Å². The van der Waals surface area contributed by atoms with Crippen LogP contribution in [0.25, 0.3) is 0 Å². The summed E-state index contributed by atoms with van der Waals surface area (Å²) in [4.78, 5) is 7.94. The van der Waals surface area contributed by atoms with Crippen LogP contribution in [0, 0.1) is 0 Å². The minimum atomic E-state index is -0.561. The Morgan fingerprint density at radius 3 is 2.41 bits per heavy atom. The van der Waals surface area contributed by atoms with E-state index in [4.69, 9.17) is 9.57 Å². The summed E-state index contributed by atoms with van der Waals surface area (Å²) in [5, 5.41) is 14.8. The van der Waals surface area contributed by atoms with Crippen LogP contribution in [0.5, 0.6) is 0 Å². The smallest absolute Gasteiger partial charge is 0.145 e. The number of hydrogen-bond acceptors (Lipinski definition) is 5. The zero-order chi connectivity index (χ0) is 20.7. The van der Waals surface area contributed by atoms with Gasteiger partial charge in [0.1, 0.15) is 6.10 Å². The highest BCUT2D eigenvalue weighted by atomic mass is 16.6. The molecule has 0 fully saturated rings. The Morgan fingerprint density at radius 1 is 1.10 bits per heavy atom. The van der Waals surface area contributed by atoms with E-state index >= 15 is 0 Å². The van der Waals surface area contributed by atoms with Gasteiger partial charge in [0.05, 0.1) is 24.0 Å². The lowest BCUT2D eigenvalue weighted by atomic mass is 10.0. The third-order valence-corrected chi connectivity index (χ3v) is 4.73. The molecule has 0 saturated heterocycles. The molecule has 1 N–H and O–H groups in total. The molecule has 0 aliphatic carbocycles. The van der Waals surface area contributed by atoms with Gasteiger partial charge in [0.2, 0.25) is 0 Å². The number of benzene rings is 2. The van der Waals surface area contributed by atoms with Gasteiger partial charge in [0, 0.05) is 26.1 Å². The Kier molecular flexibility index (Phi) is 7.42. The maximum absolute atomic E-state index is 10.5. The van der Waals surface area contributed by atoms with Crippen LogP contribution >= 0.6 is 0 Å². The van der Waals surface area contributed by atoms with Crippen molar-refractivity contribution in [1.29, 1.82) is 0 Å². The first-order valence-corrected chi connectivity index (χ1v) is 10.3. The molecule has 29 heavy (non-hydrogen) atoms. The quantitative estimate of drug-likeness (QED) is 0.699. The molecule has 0 aromatic heterocycles. The summed E-state index contributed by atoms with van der Waals surface area (Å²) >= 11 is 0. The SMILES string of the molecule is CC(C)(C)OC[C@H](O)CN(Cc1ccccc1)C[C@H]1CC(c2ccccc2)=NO1. The Bertz CT molecular complexity index is 772. The fourth-order valence-corrected chi connectivity index (χ4v) is 3.36. The van der Waals surface area contributed by atoms with Gasteiger partial charge in [0.15, 0.2) is 0 Å². The summed E-state index contributed by atoms with van der Waals surface area (Å²) in [7, 11) is 0. The van der Waals surface area contributed by atoms with Crippen LogP contribution in [-0.2, 0) is 16.1 Å². The van der Waals surface area contributed by atoms with Gasteiger partial charge in [-0.05, 0) is 31.9 Å². The third kappa shape index (κ3) is 7.28. The van der Waals surface area contributed by atoms with E-state index in [-0.39, 0.29) is 11.7 Å². The number of rotatable bonds is 9. The van der Waals surface area contributed by atoms with Gasteiger partial charge < -0.3 is 14.7 Å². The van der Waals surface area contributed by atoms with Gasteiger partial charge in [-0.3, -0.25) is 4.90 Å². The zero-order valence-corrected chi connectivity index (χ0v) is 17.6. The molecule has 5 heteroatoms. The predicted molar refractivity (Wildman–Crippen MR) is 116 cm³/mol. The minimum Gasteiger partial charge on any atom is -0.390 e. The van der Waals surface area contributed by atoms with Crippen LogP contribution in [0.4, 0.5) is 0 Å². The second-order valence-electron chi connectivity index (χ2n) is 8.59. The summed E-state index contributed by atoms with van der Waals surface area (Å²) < 4.78 is 5.76. The maximum atomic E-state index is 10.5. The molecule has 0 unspecified atom stereocenters. The van der Waals surface area contributed by atoms with Crippen LogP contribution in [0.1, 0.15) is 38.3 Å². The van der Waals surface area contributed by atoms with E-state index in [9.17, 15) is 5.11 Å². The first-order chi connectivity index (χ1) is 13.9. The summed E-state index contributed by atoms with van der Waals surface area (Å²) in [6, 6.07) is 20.4. The normalized spacial score (nSPS) is 17.8. The molecular weight excluding hydrogens is 364 g/mol. The molecule has 1 aliphatic heterocycles. The minimum absolute atomic E-state index is 0.0235. The van der Waals surface area contributed by atoms with Crippen molar-refractivity contribution in [2.45, 2.75) is 51.5 Å². The van der Waals surface area contributed by atoms with Crippen molar-refractivity contribution in [3.05, 3.63) is 71.8 Å². The Morgan fingerprint density at radius 2 is 1.76 bits per heavy atom. The number of hydrogen-bond donors (Lipinski definition) is 1. The van der Waals surface area contributed by atoms with Crippen LogP contribution in [-0.4, -0.2) is 53.2 Å². The van der Waals surface area contributed by atoms with Crippen molar-refractivity contribution >= 4 is 5.71 Å². The molecule has 0 bridgehead atoms. The van der Waals surface area contributed by atoms with E-state index < -0.39 is 6.10 Å². The molecule has 2 aromatic carbocycles. The molecule has 0 spiro atoms. The summed E-state index contributed by atoms with van der Waals surface area (Å²) in [6.07, 6.45) is 0.183. The van der Waals surface area contributed by atoms with Crippen molar-refractivity contribution in [3.63, 3.8) is 0 Å². The topological polar surface area (TPSA) is 54.3 Å². The summed E-state index contributed by atoms with van der Waals surface area (Å²) in [5.74, 6) is 0. The molecule has 0 saturated carbocycles. The van der Waals surface area contributed by atoms with E-state index in [2.05, 4.69) is 34.3 Å². The lowest BCUT2D eigenvalue weighted by Crippen LogP contribution is -2.40. The van der Waals surface area contributed by atoms with Crippen molar-refractivity contribution in [2.24, 2.45) is 5.16 Å². The number of ether oxygens (including phenoxy) is 1. The highest BCUT2D eigenvalue weighted by molar-refractivity contribution is 6.01. The van der Waals surface area contributed by atoms with E-state index in [1.54, 1.807) is 0 Å². The lowest BCUT2D eigenvalue weighted by molar-refractivity contribution is -0.0600. The van der Waals surface area contributed by atoms with Crippen LogP contribution < -0.4 is 0 Å². The van der Waals surface area contributed by atoms with Gasteiger partial charge >= 0.3 is 0 Å². The van der Waals surface area contributed by atoms with E-state index in [1.165, 1.54) is 5.56 Å². The molecule has 0 amide bonds. The van der Waals surface area contributed by atoms with E-state index in [0.717, 1.165) is 24.2 Å². The number of aliphatic hydroxyl groups excluding tert-OH is 1. The number of aliphatic hydroxyl groups is 1. The second kappa shape index (κ2) is 10.0. The van der Waals surface area contributed by atoms with Crippen molar-refractivity contribution in [1.82, 2.24) is 4.90 Å². The molecule has 1 heterocycles. The Labute approximate surface area is 173 Å². The van der Waals surface area contributed by atoms with Crippen LogP contribution in [0.3, 0.4) is 0 Å². The van der Waals surface area contributed by atoms with Gasteiger partial charge in [-0.2, -0.15) is 0 Å². The Balaban J connectivity index is 1.59. The summed E-state index contributed by atoms with van der Waals surface area (Å²) in [5.41, 5.74) is 3.02. The van der Waals surface area contributed by atoms with Gasteiger partial charge in [-0.1, -0.05) is 65.8 Å². The molecular formula is C24H32N2O3. The molecule has 2 atom stereocenters. The predicted octanol–water partition coefficient (Wildman–Crippen LogP) is 3.86. The molecule has 156 valence electrons. The highest BCUT2D eigenvalue weighted by Gasteiger charge is 2.26. The average Bonchev–Trinajstić information content (AvgIpc) is 3.16. The standard InChI is InChI=1S/C24H32N2O3/c1-24(2,3)28-18-21(27)16-26(15-19-10-6-4-7-11-19)17-22-14-23(25-29-22)20-12-8-5-9-13-20/h4-13,21-22,27H,14-18H2,1-3H3/t21-,22-/m1/s1. The zero-order valence-electron chi connectivity index (χ0n) is 17.6. The maximum Gasteiger partial charge on any atom is 0.145 e. The third-order valence-electron chi connectivity index (χ3n) is 4.73. The second-order valence-corrected chi connectivity index (χ2v) is 8.59. The molecule has 5 nitrogen and oxygen atoms in total. The summed E-state index contributed by atoms with van der Waals surface area (Å²) in [6.45, 7) is 8.26. The first kappa shape index (κ1) is 21.5. The fraction of sp³-hybridized carbons (Fsp3) is 0.458. The van der Waals surface area contributed by atoms with Crippen molar-refractivity contribution in [3.8, 4) is 0 Å². The average molecular weight is 397 g/mol. The largest absolute Gasteiger partial charge is 0.390 e. The first-order valence-electron chi connectivity index (χ1n) is 10.3. The lowest BCUT2D eigenvalue weighted by Gasteiger charge is -2.28. The number of oxime groups is 1. The molecule has 0 radical (unpaired) electrons. The van der Waals surface area contributed by atoms with Gasteiger partial charge in [-0.15, -0.1) is 0 Å². The molecule has 3 rings (SSSR count). The molecule has 2 aromatic rings.